The normalized spacial score (nSPS) is 10.4. The Morgan fingerprint density at radius 2 is 2.00 bits per heavy atom. The molecule has 3 heteroatoms. The molecule has 82 valence electrons. The molecule has 0 unspecified atom stereocenters. The van der Waals surface area contributed by atoms with Crippen molar-refractivity contribution in [3.8, 4) is 0 Å². The van der Waals surface area contributed by atoms with E-state index in [4.69, 9.17) is 5.11 Å². The van der Waals surface area contributed by atoms with Gasteiger partial charge in [-0.15, -0.1) is 0 Å². The highest BCUT2D eigenvalue weighted by Gasteiger charge is 1.99. The van der Waals surface area contributed by atoms with Crippen LogP contribution in [0.15, 0.2) is 42.6 Å². The van der Waals surface area contributed by atoms with E-state index >= 15 is 0 Å². The zero-order valence-electron chi connectivity index (χ0n) is 8.73. The van der Waals surface area contributed by atoms with Crippen molar-refractivity contribution < 1.29 is 9.50 Å². The second-order valence-electron chi connectivity index (χ2n) is 3.62. The quantitative estimate of drug-likeness (QED) is 0.855. The smallest absolute Gasteiger partial charge is 0.123 e. The molecule has 1 aromatic carbocycles. The second-order valence-corrected chi connectivity index (χ2v) is 3.62. The Bertz CT molecular complexity index is 468. The lowest BCUT2D eigenvalue weighted by molar-refractivity contribution is 0.281. The fraction of sp³-hybridized carbons (Fsp3) is 0.154. The second kappa shape index (κ2) is 4.86. The van der Waals surface area contributed by atoms with Gasteiger partial charge in [-0.2, -0.15) is 0 Å². The van der Waals surface area contributed by atoms with Gasteiger partial charge >= 0.3 is 0 Å². The maximum Gasteiger partial charge on any atom is 0.123 e. The summed E-state index contributed by atoms with van der Waals surface area (Å²) >= 11 is 0. The van der Waals surface area contributed by atoms with E-state index in [0.717, 1.165) is 16.8 Å². The molecule has 1 heterocycles. The van der Waals surface area contributed by atoms with Crippen molar-refractivity contribution in [3.05, 3.63) is 65.2 Å². The number of nitrogens with zero attached hydrogens (tertiary/aromatic N) is 1. The number of halogens is 1. The Kier molecular flexibility index (Phi) is 3.27. The minimum Gasteiger partial charge on any atom is -0.392 e. The Balaban J connectivity index is 2.14. The summed E-state index contributed by atoms with van der Waals surface area (Å²) in [5, 5.41) is 8.87. The molecule has 0 radical (unpaired) electrons. The third-order valence-electron chi connectivity index (χ3n) is 2.34. The predicted molar refractivity (Wildman–Crippen MR) is 59.4 cm³/mol. The summed E-state index contributed by atoms with van der Waals surface area (Å²) < 4.78 is 12.9. The van der Waals surface area contributed by atoms with Crippen LogP contribution in [0.25, 0.3) is 0 Å². The molecular formula is C13H12FNO. The summed E-state index contributed by atoms with van der Waals surface area (Å²) in [5.74, 6) is -0.232. The minimum absolute atomic E-state index is 0.00670. The summed E-state index contributed by atoms with van der Waals surface area (Å²) in [5.41, 5.74) is 2.54. The highest BCUT2D eigenvalue weighted by molar-refractivity contribution is 5.23. The maximum absolute atomic E-state index is 12.9. The van der Waals surface area contributed by atoms with Crippen LogP contribution in [-0.2, 0) is 13.0 Å². The summed E-state index contributed by atoms with van der Waals surface area (Å²) in [4.78, 5) is 4.19. The number of aromatic nitrogens is 1. The third-order valence-corrected chi connectivity index (χ3v) is 2.34. The van der Waals surface area contributed by atoms with Crippen molar-refractivity contribution in [2.75, 3.05) is 0 Å². The molecular weight excluding hydrogens is 205 g/mol. The number of aliphatic hydroxyl groups excluding tert-OH is 1. The lowest BCUT2D eigenvalue weighted by Crippen LogP contribution is -1.94. The lowest BCUT2D eigenvalue weighted by Gasteiger charge is -2.02. The summed E-state index contributed by atoms with van der Waals surface area (Å²) in [6, 6.07) is 10.1. The topological polar surface area (TPSA) is 33.1 Å². The Hall–Kier alpha value is -1.74. The van der Waals surface area contributed by atoms with Crippen molar-refractivity contribution in [1.29, 1.82) is 0 Å². The standard InChI is InChI=1S/C13H12FNO/c14-12-3-1-2-10(6-12)7-13-5-4-11(9-16)8-15-13/h1-6,8,16H,7,9H2. The van der Waals surface area contributed by atoms with Crippen molar-refractivity contribution in [3.63, 3.8) is 0 Å². The maximum atomic E-state index is 12.9. The van der Waals surface area contributed by atoms with E-state index < -0.39 is 0 Å². The van der Waals surface area contributed by atoms with Gasteiger partial charge in [-0.1, -0.05) is 18.2 Å². The van der Waals surface area contributed by atoms with Gasteiger partial charge in [0.25, 0.3) is 0 Å². The molecule has 2 aromatic rings. The van der Waals surface area contributed by atoms with Crippen molar-refractivity contribution >= 4 is 0 Å². The molecule has 0 saturated heterocycles. The van der Waals surface area contributed by atoms with E-state index in [1.807, 2.05) is 18.2 Å². The van der Waals surface area contributed by atoms with Gasteiger partial charge in [0.05, 0.1) is 6.61 Å². The Labute approximate surface area is 93.4 Å². The van der Waals surface area contributed by atoms with Crippen LogP contribution in [0, 0.1) is 5.82 Å². The predicted octanol–water partition coefficient (Wildman–Crippen LogP) is 2.30. The number of hydrogen-bond acceptors (Lipinski definition) is 2. The average molecular weight is 217 g/mol. The molecule has 1 N–H and O–H groups in total. The molecule has 16 heavy (non-hydrogen) atoms. The first kappa shape index (κ1) is 10.8. The summed E-state index contributed by atoms with van der Waals surface area (Å²) in [7, 11) is 0. The Morgan fingerprint density at radius 1 is 1.12 bits per heavy atom. The first-order valence-electron chi connectivity index (χ1n) is 5.07. The van der Waals surface area contributed by atoms with E-state index in [2.05, 4.69) is 4.98 Å². The molecule has 0 fully saturated rings. The van der Waals surface area contributed by atoms with Crippen LogP contribution < -0.4 is 0 Å². The van der Waals surface area contributed by atoms with Gasteiger partial charge in [0.1, 0.15) is 5.82 Å². The third kappa shape index (κ3) is 2.64. The lowest BCUT2D eigenvalue weighted by atomic mass is 10.1. The molecule has 2 rings (SSSR count). The van der Waals surface area contributed by atoms with Gasteiger partial charge < -0.3 is 5.11 Å². The van der Waals surface area contributed by atoms with Gasteiger partial charge in [-0.05, 0) is 29.3 Å². The van der Waals surface area contributed by atoms with Gasteiger partial charge in [0, 0.05) is 18.3 Å². The van der Waals surface area contributed by atoms with Crippen LogP contribution in [0.3, 0.4) is 0 Å². The van der Waals surface area contributed by atoms with Crippen LogP contribution in [0.5, 0.6) is 0 Å². The van der Waals surface area contributed by atoms with Crippen LogP contribution in [0.4, 0.5) is 4.39 Å². The fourth-order valence-corrected chi connectivity index (χ4v) is 1.51. The molecule has 1 aromatic heterocycles. The van der Waals surface area contributed by atoms with Gasteiger partial charge in [0.2, 0.25) is 0 Å². The first-order valence-corrected chi connectivity index (χ1v) is 5.07. The van der Waals surface area contributed by atoms with E-state index in [1.165, 1.54) is 12.1 Å². The van der Waals surface area contributed by atoms with E-state index in [0.29, 0.717) is 6.42 Å². The zero-order valence-corrected chi connectivity index (χ0v) is 8.73. The molecule has 0 aliphatic rings. The molecule has 0 saturated carbocycles. The van der Waals surface area contributed by atoms with Gasteiger partial charge in [0.15, 0.2) is 0 Å². The molecule has 2 nitrogen and oxygen atoms in total. The first-order chi connectivity index (χ1) is 7.78. The van der Waals surface area contributed by atoms with Crippen LogP contribution in [0.2, 0.25) is 0 Å². The SMILES string of the molecule is OCc1ccc(Cc2cccc(F)c2)nc1. The van der Waals surface area contributed by atoms with Crippen LogP contribution in [-0.4, -0.2) is 10.1 Å². The molecule has 0 amide bonds. The van der Waals surface area contributed by atoms with Crippen LogP contribution >= 0.6 is 0 Å². The summed E-state index contributed by atoms with van der Waals surface area (Å²) in [6.45, 7) is -0.00670. The minimum atomic E-state index is -0.232. The monoisotopic (exact) mass is 217 g/mol. The van der Waals surface area contributed by atoms with E-state index in [9.17, 15) is 4.39 Å². The van der Waals surface area contributed by atoms with Crippen LogP contribution in [0.1, 0.15) is 16.8 Å². The van der Waals surface area contributed by atoms with E-state index in [-0.39, 0.29) is 12.4 Å². The highest BCUT2D eigenvalue weighted by atomic mass is 19.1. The number of hydrogen-bond donors (Lipinski definition) is 1. The summed E-state index contributed by atoms with van der Waals surface area (Å²) in [6.07, 6.45) is 2.23. The zero-order chi connectivity index (χ0) is 11.4. The fourth-order valence-electron chi connectivity index (χ4n) is 1.51. The average Bonchev–Trinajstić information content (AvgIpc) is 2.30. The number of rotatable bonds is 3. The van der Waals surface area contributed by atoms with Gasteiger partial charge in [-0.25, -0.2) is 4.39 Å². The van der Waals surface area contributed by atoms with Crippen molar-refractivity contribution in [1.82, 2.24) is 4.98 Å². The molecule has 0 spiro atoms. The largest absolute Gasteiger partial charge is 0.392 e. The number of pyridine rings is 1. The molecule has 0 aliphatic heterocycles. The number of aliphatic hydroxyl groups is 1. The van der Waals surface area contributed by atoms with Gasteiger partial charge in [-0.3, -0.25) is 4.98 Å². The highest BCUT2D eigenvalue weighted by Crippen LogP contribution is 2.09. The Morgan fingerprint density at radius 3 is 2.62 bits per heavy atom. The molecule has 0 aliphatic carbocycles. The van der Waals surface area contributed by atoms with E-state index in [1.54, 1.807) is 12.3 Å². The molecule has 0 atom stereocenters. The number of benzene rings is 1. The van der Waals surface area contributed by atoms with Crippen molar-refractivity contribution in [2.24, 2.45) is 0 Å². The molecule has 0 bridgehead atoms. The van der Waals surface area contributed by atoms with Crippen molar-refractivity contribution in [2.45, 2.75) is 13.0 Å².